The molecule has 7 N–H and O–H groups in total. The van der Waals surface area contributed by atoms with Gasteiger partial charge in [-0.05, 0) is 37.5 Å². The molecule has 1 aromatic carbocycles. The van der Waals surface area contributed by atoms with E-state index < -0.39 is 0 Å². The van der Waals surface area contributed by atoms with Crippen LogP contribution in [0.5, 0.6) is 0 Å². The Hall–Kier alpha value is -1.50. The minimum atomic E-state index is -0.124. The van der Waals surface area contributed by atoms with Gasteiger partial charge in [0.15, 0.2) is 0 Å². The fraction of sp³-hybridized carbons (Fsp3) is 0.647. The highest BCUT2D eigenvalue weighted by atomic mass is 16.3. The second-order valence-electron chi connectivity index (χ2n) is 5.95. The second kappa shape index (κ2) is 9.60. The van der Waals surface area contributed by atoms with Crippen LogP contribution in [0.25, 0.3) is 0 Å². The van der Waals surface area contributed by atoms with E-state index in [0.29, 0.717) is 18.8 Å². The second-order valence-corrected chi connectivity index (χ2v) is 5.95. The Morgan fingerprint density at radius 3 is 2.22 bits per heavy atom. The van der Waals surface area contributed by atoms with Gasteiger partial charge in [0, 0.05) is 30.9 Å². The van der Waals surface area contributed by atoms with Crippen molar-refractivity contribution in [2.45, 2.75) is 38.6 Å². The molecule has 0 radical (unpaired) electrons. The highest BCUT2D eigenvalue weighted by Gasteiger charge is 2.19. The molecule has 0 aliphatic rings. The highest BCUT2D eigenvalue weighted by Crippen LogP contribution is 2.26. The van der Waals surface area contributed by atoms with Crippen molar-refractivity contribution in [2.24, 2.45) is 5.73 Å². The topological polar surface area (TPSA) is 108 Å². The van der Waals surface area contributed by atoms with Crippen molar-refractivity contribution in [3.05, 3.63) is 18.2 Å². The van der Waals surface area contributed by atoms with Crippen molar-refractivity contribution in [3.8, 4) is 0 Å². The zero-order chi connectivity index (χ0) is 17.3. The molecule has 0 aromatic heterocycles. The van der Waals surface area contributed by atoms with Gasteiger partial charge in [0.25, 0.3) is 0 Å². The Labute approximate surface area is 139 Å². The number of hydrogen-bond acceptors (Lipinski definition) is 6. The molecule has 6 nitrogen and oxygen atoms in total. The van der Waals surface area contributed by atoms with E-state index >= 15 is 0 Å². The Kier molecular flexibility index (Phi) is 8.16. The average Bonchev–Trinajstić information content (AvgIpc) is 2.56. The van der Waals surface area contributed by atoms with E-state index in [4.69, 9.17) is 21.7 Å². The third-order valence-corrected chi connectivity index (χ3v) is 4.49. The van der Waals surface area contributed by atoms with Crippen LogP contribution in [-0.4, -0.2) is 48.6 Å². The lowest BCUT2D eigenvalue weighted by Gasteiger charge is -2.27. The first-order valence-electron chi connectivity index (χ1n) is 8.38. The lowest BCUT2D eigenvalue weighted by Crippen LogP contribution is -2.40. The SMILES string of the molecule is CCC(N)(CC)CCNc1ccc(N(CCO)CCO)cc1N. The van der Waals surface area contributed by atoms with E-state index in [-0.39, 0.29) is 18.8 Å². The third kappa shape index (κ3) is 5.89. The van der Waals surface area contributed by atoms with Crippen molar-refractivity contribution in [3.63, 3.8) is 0 Å². The van der Waals surface area contributed by atoms with Gasteiger partial charge in [-0.1, -0.05) is 13.8 Å². The van der Waals surface area contributed by atoms with Crippen LogP contribution in [0.2, 0.25) is 0 Å². The molecule has 6 heteroatoms. The molecule has 0 atom stereocenters. The molecule has 0 saturated heterocycles. The summed E-state index contributed by atoms with van der Waals surface area (Å²) in [6.07, 6.45) is 2.80. The first-order chi connectivity index (χ1) is 11.0. The maximum Gasteiger partial charge on any atom is 0.0606 e. The predicted octanol–water partition coefficient (Wildman–Crippen LogP) is 1.38. The molecule has 23 heavy (non-hydrogen) atoms. The largest absolute Gasteiger partial charge is 0.397 e. The molecular weight excluding hydrogens is 292 g/mol. The molecule has 0 spiro atoms. The number of rotatable bonds is 11. The predicted molar refractivity (Wildman–Crippen MR) is 97.8 cm³/mol. The third-order valence-electron chi connectivity index (χ3n) is 4.49. The molecule has 0 aliphatic carbocycles. The summed E-state index contributed by atoms with van der Waals surface area (Å²) in [4.78, 5) is 1.90. The summed E-state index contributed by atoms with van der Waals surface area (Å²) in [6, 6.07) is 5.74. The Morgan fingerprint density at radius 1 is 1.13 bits per heavy atom. The van der Waals surface area contributed by atoms with Gasteiger partial charge >= 0.3 is 0 Å². The van der Waals surface area contributed by atoms with Crippen molar-refractivity contribution in [1.29, 1.82) is 0 Å². The van der Waals surface area contributed by atoms with Gasteiger partial charge in [-0.25, -0.2) is 0 Å². The van der Waals surface area contributed by atoms with Gasteiger partial charge in [-0.3, -0.25) is 0 Å². The van der Waals surface area contributed by atoms with Gasteiger partial charge < -0.3 is 31.9 Å². The smallest absolute Gasteiger partial charge is 0.0606 e. The molecule has 0 unspecified atom stereocenters. The van der Waals surface area contributed by atoms with Crippen LogP contribution in [0, 0.1) is 0 Å². The summed E-state index contributed by atoms with van der Waals surface area (Å²) in [5.41, 5.74) is 14.7. The number of aliphatic hydroxyl groups is 2. The fourth-order valence-electron chi connectivity index (χ4n) is 2.57. The Bertz CT molecular complexity index is 458. The normalized spacial score (nSPS) is 11.5. The molecule has 0 aliphatic heterocycles. The summed E-state index contributed by atoms with van der Waals surface area (Å²) >= 11 is 0. The summed E-state index contributed by atoms with van der Waals surface area (Å²) < 4.78 is 0. The Balaban J connectivity index is 2.69. The van der Waals surface area contributed by atoms with E-state index in [0.717, 1.165) is 37.2 Å². The minimum Gasteiger partial charge on any atom is -0.397 e. The summed E-state index contributed by atoms with van der Waals surface area (Å²) in [5, 5.41) is 21.6. The van der Waals surface area contributed by atoms with Gasteiger partial charge in [0.1, 0.15) is 0 Å². The number of benzene rings is 1. The van der Waals surface area contributed by atoms with Crippen molar-refractivity contribution < 1.29 is 10.2 Å². The van der Waals surface area contributed by atoms with E-state index in [1.165, 1.54) is 0 Å². The molecule has 1 rings (SSSR count). The number of nitrogens with one attached hydrogen (secondary N) is 1. The lowest BCUT2D eigenvalue weighted by atomic mass is 9.90. The molecule has 0 saturated carbocycles. The van der Waals surface area contributed by atoms with Crippen molar-refractivity contribution >= 4 is 17.1 Å². The molecule has 0 heterocycles. The monoisotopic (exact) mass is 324 g/mol. The summed E-state index contributed by atoms with van der Waals surface area (Å²) in [6.45, 7) is 6.01. The fourth-order valence-corrected chi connectivity index (χ4v) is 2.57. The maximum absolute atomic E-state index is 9.11. The van der Waals surface area contributed by atoms with Crippen molar-refractivity contribution in [1.82, 2.24) is 0 Å². The van der Waals surface area contributed by atoms with Crippen LogP contribution < -0.4 is 21.7 Å². The van der Waals surface area contributed by atoms with E-state index in [1.54, 1.807) is 0 Å². The molecule has 0 amide bonds. The first-order valence-corrected chi connectivity index (χ1v) is 8.38. The van der Waals surface area contributed by atoms with Gasteiger partial charge in [-0.15, -0.1) is 0 Å². The van der Waals surface area contributed by atoms with Gasteiger partial charge in [0.05, 0.1) is 24.6 Å². The van der Waals surface area contributed by atoms with Crippen LogP contribution in [0.15, 0.2) is 18.2 Å². The molecular formula is C17H32N4O2. The first kappa shape index (κ1) is 19.5. The van der Waals surface area contributed by atoms with Crippen LogP contribution in [-0.2, 0) is 0 Å². The number of nitrogens with two attached hydrogens (primary N) is 2. The molecule has 0 fully saturated rings. The standard InChI is InChI=1S/C17H32N4O2/c1-3-17(19,4-2)7-8-20-16-6-5-14(13-15(16)18)21(9-11-22)10-12-23/h5-6,13,20,22-23H,3-4,7-12,18-19H2,1-2H3. The van der Waals surface area contributed by atoms with Crippen molar-refractivity contribution in [2.75, 3.05) is 48.8 Å². The van der Waals surface area contributed by atoms with Gasteiger partial charge in [-0.2, -0.15) is 0 Å². The number of nitrogen functional groups attached to an aromatic ring is 1. The van der Waals surface area contributed by atoms with Gasteiger partial charge in [0.2, 0.25) is 0 Å². The van der Waals surface area contributed by atoms with Crippen LogP contribution in [0.4, 0.5) is 17.1 Å². The lowest BCUT2D eigenvalue weighted by molar-refractivity contribution is 0.281. The zero-order valence-corrected chi connectivity index (χ0v) is 14.4. The zero-order valence-electron chi connectivity index (χ0n) is 14.4. The Morgan fingerprint density at radius 2 is 1.74 bits per heavy atom. The summed E-state index contributed by atoms with van der Waals surface area (Å²) in [7, 11) is 0. The number of anilines is 3. The minimum absolute atomic E-state index is 0.0343. The number of aliphatic hydroxyl groups excluding tert-OH is 2. The van der Waals surface area contributed by atoms with E-state index in [2.05, 4.69) is 19.2 Å². The van der Waals surface area contributed by atoms with Crippen LogP contribution >= 0.6 is 0 Å². The number of hydrogen-bond donors (Lipinski definition) is 5. The quantitative estimate of drug-likeness (QED) is 0.394. The molecule has 0 bridgehead atoms. The maximum atomic E-state index is 9.11. The van der Waals surface area contributed by atoms with Crippen LogP contribution in [0.1, 0.15) is 33.1 Å². The highest BCUT2D eigenvalue weighted by molar-refractivity contribution is 5.72. The van der Waals surface area contributed by atoms with Crippen LogP contribution in [0.3, 0.4) is 0 Å². The summed E-state index contributed by atoms with van der Waals surface area (Å²) in [5.74, 6) is 0. The molecule has 132 valence electrons. The number of nitrogens with zero attached hydrogens (tertiary/aromatic N) is 1. The molecule has 1 aromatic rings. The average molecular weight is 324 g/mol. The van der Waals surface area contributed by atoms with E-state index in [1.807, 2.05) is 23.1 Å². The van der Waals surface area contributed by atoms with E-state index in [9.17, 15) is 0 Å².